The number of fused-ring (bicyclic) bond motifs is 1. The first-order chi connectivity index (χ1) is 15.2. The molecule has 32 heavy (non-hydrogen) atoms. The summed E-state index contributed by atoms with van der Waals surface area (Å²) in [7, 11) is -3.76. The number of ether oxygens (including phenoxy) is 1. The van der Waals surface area contributed by atoms with Crippen LogP contribution in [0.4, 0.5) is 5.69 Å². The summed E-state index contributed by atoms with van der Waals surface area (Å²) < 4.78 is 33.2. The molecule has 4 rings (SSSR count). The maximum atomic E-state index is 13.2. The second-order valence-corrected chi connectivity index (χ2v) is 9.83. The Labute approximate surface area is 187 Å². The van der Waals surface area contributed by atoms with Gasteiger partial charge in [0.2, 0.25) is 15.9 Å². The van der Waals surface area contributed by atoms with Crippen LogP contribution in [0.2, 0.25) is 0 Å². The van der Waals surface area contributed by atoms with E-state index in [1.165, 1.54) is 16.4 Å². The molecule has 0 spiro atoms. The molecule has 2 aliphatic rings. The third kappa shape index (κ3) is 4.53. The van der Waals surface area contributed by atoms with Gasteiger partial charge in [-0.2, -0.15) is 4.31 Å². The van der Waals surface area contributed by atoms with Crippen molar-refractivity contribution >= 4 is 33.6 Å². The van der Waals surface area contributed by atoms with E-state index in [1.807, 2.05) is 31.2 Å². The highest BCUT2D eigenvalue weighted by molar-refractivity contribution is 7.89. The molecule has 1 N–H and O–H groups in total. The van der Waals surface area contributed by atoms with E-state index in [-0.39, 0.29) is 36.4 Å². The van der Waals surface area contributed by atoms with Gasteiger partial charge in [-0.1, -0.05) is 29.8 Å². The van der Waals surface area contributed by atoms with Crippen LogP contribution in [0.25, 0.3) is 6.08 Å². The Kier molecular flexibility index (Phi) is 6.03. The molecule has 2 aromatic rings. The zero-order valence-corrected chi connectivity index (χ0v) is 18.8. The summed E-state index contributed by atoms with van der Waals surface area (Å²) in [5.74, 6) is -0.0784. The summed E-state index contributed by atoms with van der Waals surface area (Å²) in [6.45, 7) is 4.58. The Morgan fingerprint density at radius 1 is 1.06 bits per heavy atom. The monoisotopic (exact) mass is 455 g/mol. The van der Waals surface area contributed by atoms with E-state index in [1.54, 1.807) is 24.0 Å². The van der Waals surface area contributed by atoms with Crippen LogP contribution in [0.1, 0.15) is 16.7 Å². The predicted molar refractivity (Wildman–Crippen MR) is 121 cm³/mol. The van der Waals surface area contributed by atoms with E-state index in [0.29, 0.717) is 30.1 Å². The molecule has 0 bridgehead atoms. The molecule has 0 atom stereocenters. The summed E-state index contributed by atoms with van der Waals surface area (Å²) in [5, 5.41) is 2.68. The van der Waals surface area contributed by atoms with Gasteiger partial charge in [0.1, 0.15) is 5.75 Å². The molecule has 0 aliphatic carbocycles. The van der Waals surface area contributed by atoms with Gasteiger partial charge in [-0.05, 0) is 37.1 Å². The van der Waals surface area contributed by atoms with Gasteiger partial charge in [0.15, 0.2) is 6.61 Å². The molecule has 8 nitrogen and oxygen atoms in total. The lowest BCUT2D eigenvalue weighted by molar-refractivity contribution is -0.127. The summed E-state index contributed by atoms with van der Waals surface area (Å²) in [6.07, 6.45) is 3.29. The molecule has 0 saturated carbocycles. The highest BCUT2D eigenvalue weighted by Crippen LogP contribution is 2.34. The molecule has 9 heteroatoms. The molecule has 0 unspecified atom stereocenters. The Morgan fingerprint density at radius 2 is 1.75 bits per heavy atom. The highest BCUT2D eigenvalue weighted by Gasteiger charge is 2.32. The van der Waals surface area contributed by atoms with Crippen LogP contribution in [-0.4, -0.2) is 62.2 Å². The van der Waals surface area contributed by atoms with Crippen molar-refractivity contribution in [3.8, 4) is 5.75 Å². The van der Waals surface area contributed by atoms with Gasteiger partial charge in [0, 0.05) is 38.3 Å². The number of nitrogens with zero attached hydrogens (tertiary/aromatic N) is 2. The van der Waals surface area contributed by atoms with Gasteiger partial charge in [-0.15, -0.1) is 0 Å². The maximum Gasteiger partial charge on any atom is 0.262 e. The lowest BCUT2D eigenvalue weighted by Crippen LogP contribution is -2.50. The standard InChI is InChI=1S/C23H25N3O5S/c1-16-3-5-18(6-4-16)7-8-23(28)25-9-11-26(12-10-25)32(29,30)21-14-20-19(13-17(21)2)24-22(27)15-31-20/h3-8,13-14H,9-12,15H2,1-2H3,(H,24,27)/b8-7+. The van der Waals surface area contributed by atoms with Gasteiger partial charge in [0.25, 0.3) is 5.91 Å². The molecule has 168 valence electrons. The van der Waals surface area contributed by atoms with Gasteiger partial charge in [0.05, 0.1) is 10.6 Å². The van der Waals surface area contributed by atoms with E-state index in [4.69, 9.17) is 4.74 Å². The quantitative estimate of drug-likeness (QED) is 0.713. The first kappa shape index (κ1) is 22.0. The van der Waals surface area contributed by atoms with Gasteiger partial charge < -0.3 is 15.0 Å². The third-order valence-electron chi connectivity index (χ3n) is 5.57. The number of benzene rings is 2. The number of rotatable bonds is 4. The van der Waals surface area contributed by atoms with E-state index in [0.717, 1.165) is 11.1 Å². The molecule has 2 aromatic carbocycles. The van der Waals surface area contributed by atoms with Crippen molar-refractivity contribution in [2.24, 2.45) is 0 Å². The third-order valence-corrected chi connectivity index (χ3v) is 7.61. The van der Waals surface area contributed by atoms with E-state index >= 15 is 0 Å². The molecule has 1 saturated heterocycles. The normalized spacial score (nSPS) is 17.1. The van der Waals surface area contributed by atoms with Crippen molar-refractivity contribution in [1.29, 1.82) is 0 Å². The molecule has 0 radical (unpaired) electrons. The highest BCUT2D eigenvalue weighted by atomic mass is 32.2. The van der Waals surface area contributed by atoms with E-state index < -0.39 is 10.0 Å². The zero-order valence-electron chi connectivity index (χ0n) is 18.0. The lowest BCUT2D eigenvalue weighted by atomic mass is 10.1. The molecule has 1 fully saturated rings. The smallest absolute Gasteiger partial charge is 0.262 e. The van der Waals surface area contributed by atoms with Gasteiger partial charge >= 0.3 is 0 Å². The molecular weight excluding hydrogens is 430 g/mol. The van der Waals surface area contributed by atoms with Crippen molar-refractivity contribution in [3.05, 3.63) is 59.2 Å². The second kappa shape index (κ2) is 8.76. The van der Waals surface area contributed by atoms with E-state index in [2.05, 4.69) is 5.32 Å². The fraction of sp³-hybridized carbons (Fsp3) is 0.304. The summed E-state index contributed by atoms with van der Waals surface area (Å²) in [5.41, 5.74) is 3.07. The van der Waals surface area contributed by atoms with Crippen LogP contribution < -0.4 is 10.1 Å². The number of nitrogens with one attached hydrogen (secondary N) is 1. The van der Waals surface area contributed by atoms with Crippen molar-refractivity contribution in [2.75, 3.05) is 38.1 Å². The number of anilines is 1. The van der Waals surface area contributed by atoms with Gasteiger partial charge in [-0.25, -0.2) is 8.42 Å². The number of carbonyl (C=O) groups excluding carboxylic acids is 2. The minimum absolute atomic E-state index is 0.142. The van der Waals surface area contributed by atoms with Crippen molar-refractivity contribution < 1.29 is 22.7 Å². The minimum Gasteiger partial charge on any atom is -0.482 e. The number of hydrogen-bond donors (Lipinski definition) is 1. The number of carbonyl (C=O) groups is 2. The van der Waals surface area contributed by atoms with Crippen LogP contribution in [-0.2, 0) is 19.6 Å². The first-order valence-corrected chi connectivity index (χ1v) is 11.8. The summed E-state index contributed by atoms with van der Waals surface area (Å²) >= 11 is 0. The van der Waals surface area contributed by atoms with Gasteiger partial charge in [-0.3, -0.25) is 9.59 Å². The molecule has 2 aliphatic heterocycles. The second-order valence-electron chi connectivity index (χ2n) is 7.92. The van der Waals surface area contributed by atoms with Crippen molar-refractivity contribution in [1.82, 2.24) is 9.21 Å². The topological polar surface area (TPSA) is 96.0 Å². The SMILES string of the molecule is Cc1ccc(/C=C/C(=O)N2CCN(S(=O)(=O)c3cc4c(cc3C)NC(=O)CO4)CC2)cc1. The number of piperazine rings is 1. The molecule has 0 aromatic heterocycles. The Morgan fingerprint density at radius 3 is 2.44 bits per heavy atom. The largest absolute Gasteiger partial charge is 0.482 e. The van der Waals surface area contributed by atoms with E-state index in [9.17, 15) is 18.0 Å². The number of amides is 2. The average molecular weight is 456 g/mol. The van der Waals surface area contributed by atoms with Crippen molar-refractivity contribution in [2.45, 2.75) is 18.7 Å². The molecular formula is C23H25N3O5S. The molecule has 2 heterocycles. The Bertz CT molecular complexity index is 1180. The summed E-state index contributed by atoms with van der Waals surface area (Å²) in [4.78, 5) is 25.8. The Balaban J connectivity index is 1.43. The zero-order chi connectivity index (χ0) is 22.9. The number of hydrogen-bond acceptors (Lipinski definition) is 5. The fourth-order valence-corrected chi connectivity index (χ4v) is 5.38. The van der Waals surface area contributed by atoms with Crippen LogP contribution in [0.3, 0.4) is 0 Å². The number of sulfonamides is 1. The van der Waals surface area contributed by atoms with Crippen molar-refractivity contribution in [3.63, 3.8) is 0 Å². The lowest BCUT2D eigenvalue weighted by Gasteiger charge is -2.34. The first-order valence-electron chi connectivity index (χ1n) is 10.3. The maximum absolute atomic E-state index is 13.2. The fourth-order valence-electron chi connectivity index (χ4n) is 3.73. The van der Waals surface area contributed by atoms with Crippen LogP contribution in [0.15, 0.2) is 47.4 Å². The minimum atomic E-state index is -3.76. The Hall–Kier alpha value is -3.17. The average Bonchev–Trinajstić information content (AvgIpc) is 2.78. The van der Waals surface area contributed by atoms with Crippen LogP contribution in [0.5, 0.6) is 5.75 Å². The van der Waals surface area contributed by atoms with Crippen LogP contribution in [0, 0.1) is 13.8 Å². The van der Waals surface area contributed by atoms with Crippen LogP contribution >= 0.6 is 0 Å². The molecule has 2 amide bonds. The predicted octanol–water partition coefficient (Wildman–Crippen LogP) is 2.18. The number of aryl methyl sites for hydroxylation is 2. The summed E-state index contributed by atoms with van der Waals surface area (Å²) in [6, 6.07) is 10.9.